The molecular weight excluding hydrogens is 1160 g/mol. The molecule has 0 atom stereocenters. The predicted molar refractivity (Wildman–Crippen MR) is 314 cm³/mol. The van der Waals surface area contributed by atoms with Crippen molar-refractivity contribution in [2.45, 2.75) is 195 Å². The molecule has 0 spiro atoms. The van der Waals surface area contributed by atoms with Crippen molar-refractivity contribution in [3.63, 3.8) is 0 Å². The molecule has 4 nitrogen and oxygen atoms in total. The zero-order chi connectivity index (χ0) is 51.6. The fourth-order valence-corrected chi connectivity index (χ4v) is 20.4. The number of ether oxygens (including phenoxy) is 1. The standard InChI is InChI=1S/C21H27N2.C18H33P.C11H14O.C10H12O.4ClH.2Ru/c1-14-9-16(3)20(17(4)10-14)22-7-8-23(13-22)21-18(5)11-15(2)12-19(21)6;1-4-10-16(11-5-1)19(17-12-6-2-7-13-17)18-14-8-3-9-15-18;1-9(2)12(4)11-8-6-5-7-10(11)3;1-8(2)11-10-7-5-4-6-9(10)3;;;;;;/h9-13H,7-8H2,1-6H3;16-18H,1-15H2;3,5-9H,4H2,1-2H3;3-8H,1-2H3;4*1H;;/q+1;;;;;;;;2*+2/p-2. The second-order valence-electron chi connectivity index (χ2n) is 20.9. The molecule has 11 heteroatoms. The van der Waals surface area contributed by atoms with E-state index in [4.69, 9.17) is 38.8 Å². The average molecular weight is 1240 g/mol. The third-order valence-corrected chi connectivity index (χ3v) is 22.6. The fraction of sp³-hybridized carbons (Fsp3) is 0.533. The molecule has 4 aromatic carbocycles. The molecule has 4 aliphatic rings. The summed E-state index contributed by atoms with van der Waals surface area (Å²) in [5.41, 5.74) is 16.6. The first-order valence-electron chi connectivity index (χ1n) is 26.4. The van der Waals surface area contributed by atoms with Crippen molar-refractivity contribution in [2.24, 2.45) is 0 Å². The maximum absolute atomic E-state index is 5.87. The SMILES string of the molecule is C1CCC([PH+](C2CCCCC2)C2CCCCC2)CC1.CC(C)[OH+]c1ccccc1[CH]=[Ru]([Cl])[Cl].Cc1cc(C)c(N2[CH+]N(c3c(C)cc(C)cc3C)CC2)c(C)c1.[CH2-][O+](c1ccccc1[CH]=[Ru]([Cl])[Cl])C(C)C. The zero-order valence-electron chi connectivity index (χ0n) is 44.7. The molecule has 1 saturated heterocycles. The number of anilines is 2. The molecule has 3 aliphatic carbocycles. The quantitative estimate of drug-likeness (QED) is 0.0646. The van der Waals surface area contributed by atoms with E-state index in [1.165, 1.54) is 61.7 Å². The van der Waals surface area contributed by atoms with Gasteiger partial charge in [-0.2, -0.15) is 9.80 Å². The van der Waals surface area contributed by atoms with Gasteiger partial charge in [-0.15, -0.1) is 0 Å². The van der Waals surface area contributed by atoms with Gasteiger partial charge in [-0.05, 0) is 141 Å². The van der Waals surface area contributed by atoms with Crippen LogP contribution in [-0.2, 0) is 31.4 Å². The Balaban J connectivity index is 0.000000180. The van der Waals surface area contributed by atoms with Crippen LogP contribution in [0, 0.1) is 55.3 Å². The van der Waals surface area contributed by atoms with E-state index in [1.807, 2.05) is 71.6 Å². The van der Waals surface area contributed by atoms with Crippen LogP contribution in [0.1, 0.15) is 169 Å². The molecule has 1 aliphatic heterocycles. The molecule has 0 bridgehead atoms. The van der Waals surface area contributed by atoms with Crippen molar-refractivity contribution < 1.29 is 36.1 Å². The van der Waals surface area contributed by atoms with Crippen LogP contribution >= 0.6 is 46.7 Å². The van der Waals surface area contributed by atoms with Crippen LogP contribution in [0.3, 0.4) is 0 Å². The number of aryl methyl sites for hydroxylation is 6. The van der Waals surface area contributed by atoms with Crippen molar-refractivity contribution in [2.75, 3.05) is 22.9 Å². The van der Waals surface area contributed by atoms with E-state index in [-0.39, 0.29) is 20.1 Å². The molecule has 1 N–H and O–H groups in total. The summed E-state index contributed by atoms with van der Waals surface area (Å²) in [4.78, 5) is 4.81. The van der Waals surface area contributed by atoms with E-state index in [2.05, 4.69) is 112 Å². The fourth-order valence-electron chi connectivity index (χ4n) is 11.6. The molecule has 1 heterocycles. The van der Waals surface area contributed by atoms with Gasteiger partial charge in [-0.1, -0.05) is 54.7 Å². The van der Waals surface area contributed by atoms with Gasteiger partial charge in [0.2, 0.25) is 0 Å². The Morgan fingerprint density at radius 3 is 1.32 bits per heavy atom. The van der Waals surface area contributed by atoms with Crippen LogP contribution in [0.2, 0.25) is 0 Å². The Hall–Kier alpha value is -1.47. The molecule has 0 amide bonds. The summed E-state index contributed by atoms with van der Waals surface area (Å²) < 4.78 is 11.1. The van der Waals surface area contributed by atoms with E-state index >= 15 is 0 Å². The minimum atomic E-state index is -1.79. The molecule has 4 fully saturated rings. The molecule has 8 rings (SSSR count). The van der Waals surface area contributed by atoms with E-state index in [0.29, 0.717) is 0 Å². The summed E-state index contributed by atoms with van der Waals surface area (Å²) in [6.07, 6.45) is 24.3. The topological polar surface area (TPSA) is 22.0 Å². The number of aromatic hydroxyl groups is 1. The Labute approximate surface area is 459 Å². The number of aliphatic hydroxyl groups is 1. The van der Waals surface area contributed by atoms with Crippen LogP contribution in [0.25, 0.3) is 0 Å². The van der Waals surface area contributed by atoms with Crippen molar-refractivity contribution in [3.05, 3.63) is 131 Å². The van der Waals surface area contributed by atoms with Crippen LogP contribution < -0.4 is 9.80 Å². The van der Waals surface area contributed by atoms with Crippen molar-refractivity contribution >= 4 is 67.3 Å². The van der Waals surface area contributed by atoms with Crippen molar-refractivity contribution in [1.29, 1.82) is 0 Å². The first-order valence-corrected chi connectivity index (χ1v) is 39.1. The molecular formula is C60H88Cl4N2O2PRu2+3. The Bertz CT molecular complexity index is 2160. The van der Waals surface area contributed by atoms with E-state index in [0.717, 1.165) is 35.7 Å². The summed E-state index contributed by atoms with van der Waals surface area (Å²) in [6, 6.07) is 25.0. The van der Waals surface area contributed by atoms with E-state index < -0.39 is 27.0 Å². The van der Waals surface area contributed by atoms with Crippen LogP contribution in [0.4, 0.5) is 11.4 Å². The Kier molecular flexibility index (Phi) is 26.3. The third-order valence-electron chi connectivity index (χ3n) is 14.4. The first-order chi connectivity index (χ1) is 33.9. The summed E-state index contributed by atoms with van der Waals surface area (Å²) in [6.45, 7) is 25.8. The monoisotopic (exact) mass is 1240 g/mol. The number of rotatable bonds is 11. The van der Waals surface area contributed by atoms with Crippen molar-refractivity contribution in [3.8, 4) is 11.5 Å². The van der Waals surface area contributed by atoms with Crippen LogP contribution in [-0.4, -0.2) is 56.2 Å². The molecule has 396 valence electrons. The summed E-state index contributed by atoms with van der Waals surface area (Å²) in [7, 11) is 27.3. The van der Waals surface area contributed by atoms with Crippen LogP contribution in [0.15, 0.2) is 72.8 Å². The van der Waals surface area contributed by atoms with Gasteiger partial charge >= 0.3 is 202 Å². The number of hydrogen-bond donors (Lipinski definition) is 0. The minimum absolute atomic E-state index is 0.0465. The second kappa shape index (κ2) is 30.9. The Morgan fingerprint density at radius 2 is 0.944 bits per heavy atom. The maximum atomic E-state index is 5.87. The third kappa shape index (κ3) is 19.2. The first kappa shape index (κ1) is 60.4. The number of halogens is 4. The van der Waals surface area contributed by atoms with Gasteiger partial charge in [-0.25, -0.2) is 0 Å². The predicted octanol–water partition coefficient (Wildman–Crippen LogP) is 18.8. The van der Waals surface area contributed by atoms with Crippen molar-refractivity contribution in [1.82, 2.24) is 0 Å². The number of nitrogens with zero attached hydrogens (tertiary/aromatic N) is 2. The molecule has 4 aromatic rings. The normalized spacial score (nSPS) is 17.0. The van der Waals surface area contributed by atoms with Gasteiger partial charge in [0, 0.05) is 7.92 Å². The molecule has 71 heavy (non-hydrogen) atoms. The molecule has 0 radical (unpaired) electrons. The number of benzene rings is 4. The van der Waals surface area contributed by atoms with Gasteiger partial charge < -0.3 is 0 Å². The number of para-hydroxylation sites is 2. The molecule has 3 saturated carbocycles. The zero-order valence-corrected chi connectivity index (χ0v) is 52.2. The average Bonchev–Trinajstić information content (AvgIpc) is 3.79. The molecule has 0 aromatic heterocycles. The van der Waals surface area contributed by atoms with E-state index in [1.54, 1.807) is 96.3 Å². The van der Waals surface area contributed by atoms with Gasteiger partial charge in [0.1, 0.15) is 0 Å². The van der Waals surface area contributed by atoms with Gasteiger partial charge in [0.05, 0.1) is 41.4 Å². The van der Waals surface area contributed by atoms with Gasteiger partial charge in [0.15, 0.2) is 0 Å². The van der Waals surface area contributed by atoms with Gasteiger partial charge in [0.25, 0.3) is 6.67 Å². The molecule has 0 unspecified atom stereocenters. The Morgan fingerprint density at radius 1 is 0.577 bits per heavy atom. The summed E-state index contributed by atoms with van der Waals surface area (Å²) in [5, 5.41) is 0. The summed E-state index contributed by atoms with van der Waals surface area (Å²) >= 11 is -3.54. The number of hydrogen-bond acceptors (Lipinski definition) is 2. The van der Waals surface area contributed by atoms with Gasteiger partial charge in [-0.3, -0.25) is 0 Å². The second-order valence-corrected chi connectivity index (χ2v) is 35.8. The van der Waals surface area contributed by atoms with E-state index in [9.17, 15) is 0 Å². The summed E-state index contributed by atoms with van der Waals surface area (Å²) in [5.74, 6) is 1.97. The van der Waals surface area contributed by atoms with Crippen LogP contribution in [0.5, 0.6) is 11.5 Å².